The Hall–Kier alpha value is -0.340. The lowest BCUT2D eigenvalue weighted by atomic mass is 10.2. The van der Waals surface area contributed by atoms with Crippen molar-refractivity contribution in [2.45, 2.75) is 30.7 Å². The van der Waals surface area contributed by atoms with Gasteiger partial charge in [0.25, 0.3) is 0 Å². The first-order valence-electron chi connectivity index (χ1n) is 6.61. The van der Waals surface area contributed by atoms with Crippen molar-refractivity contribution in [2.24, 2.45) is 11.7 Å². The average Bonchev–Trinajstić information content (AvgIpc) is 3.23. The number of ether oxygens (including phenoxy) is 1. The Balaban J connectivity index is 0.00000220. The molecule has 1 aliphatic carbocycles. The van der Waals surface area contributed by atoms with Gasteiger partial charge < -0.3 is 10.5 Å². The maximum atomic E-state index is 12.2. The van der Waals surface area contributed by atoms with Crippen molar-refractivity contribution in [3.63, 3.8) is 0 Å². The van der Waals surface area contributed by atoms with E-state index in [0.29, 0.717) is 22.7 Å². The van der Waals surface area contributed by atoms with E-state index in [2.05, 4.69) is 20.7 Å². The minimum absolute atomic E-state index is 0. The topological polar surface area (TPSA) is 81.4 Å². The number of nitrogens with one attached hydrogen (secondary N) is 1. The second kappa shape index (κ2) is 7.78. The molecule has 0 radical (unpaired) electrons. The van der Waals surface area contributed by atoms with Crippen LogP contribution in [0.1, 0.15) is 19.8 Å². The van der Waals surface area contributed by atoms with Gasteiger partial charge in [-0.15, -0.1) is 12.4 Å². The normalized spacial score (nSPS) is 16.1. The van der Waals surface area contributed by atoms with E-state index in [9.17, 15) is 8.42 Å². The highest BCUT2D eigenvalue weighted by Gasteiger charge is 2.29. The number of nitrogens with two attached hydrogens (primary N) is 1. The minimum Gasteiger partial charge on any atom is -0.493 e. The summed E-state index contributed by atoms with van der Waals surface area (Å²) in [6, 6.07) is 4.61. The van der Waals surface area contributed by atoms with Crippen LogP contribution in [0.4, 0.5) is 0 Å². The third-order valence-electron chi connectivity index (χ3n) is 3.25. The molecule has 1 atom stereocenters. The fourth-order valence-electron chi connectivity index (χ4n) is 1.90. The van der Waals surface area contributed by atoms with Gasteiger partial charge in [-0.3, -0.25) is 0 Å². The van der Waals surface area contributed by atoms with Gasteiger partial charge in [-0.2, -0.15) is 0 Å². The van der Waals surface area contributed by atoms with E-state index in [1.165, 1.54) is 12.1 Å². The lowest BCUT2D eigenvalue weighted by Gasteiger charge is -2.13. The summed E-state index contributed by atoms with van der Waals surface area (Å²) in [6.07, 6.45) is 2.19. The SMILES string of the molecule is CCOc1ccc(S(=O)(=O)NCC(N)C2CC2)cc1Br.Cl. The van der Waals surface area contributed by atoms with E-state index in [1.807, 2.05) is 6.92 Å². The molecule has 1 saturated carbocycles. The Kier molecular flexibility index (Phi) is 6.93. The lowest BCUT2D eigenvalue weighted by Crippen LogP contribution is -2.38. The molecular formula is C13H20BrClN2O3S. The average molecular weight is 400 g/mol. The molecule has 120 valence electrons. The van der Waals surface area contributed by atoms with Crippen LogP contribution in [0.15, 0.2) is 27.6 Å². The zero-order valence-electron chi connectivity index (χ0n) is 11.7. The van der Waals surface area contributed by atoms with E-state index in [4.69, 9.17) is 10.5 Å². The Morgan fingerprint density at radius 3 is 2.67 bits per heavy atom. The highest BCUT2D eigenvalue weighted by molar-refractivity contribution is 9.10. The highest BCUT2D eigenvalue weighted by Crippen LogP contribution is 2.31. The van der Waals surface area contributed by atoms with Crippen molar-refractivity contribution in [2.75, 3.05) is 13.2 Å². The third kappa shape index (κ3) is 5.10. The number of hydrogen-bond acceptors (Lipinski definition) is 4. The Morgan fingerprint density at radius 1 is 1.48 bits per heavy atom. The molecule has 8 heteroatoms. The van der Waals surface area contributed by atoms with Crippen LogP contribution in [0.5, 0.6) is 5.75 Å². The van der Waals surface area contributed by atoms with Crippen LogP contribution in [-0.4, -0.2) is 27.6 Å². The van der Waals surface area contributed by atoms with Crippen molar-refractivity contribution in [1.29, 1.82) is 0 Å². The summed E-state index contributed by atoms with van der Waals surface area (Å²) >= 11 is 3.31. The fourth-order valence-corrected chi connectivity index (χ4v) is 3.65. The van der Waals surface area contributed by atoms with Gasteiger partial charge in [0.2, 0.25) is 10.0 Å². The molecule has 0 saturated heterocycles. The van der Waals surface area contributed by atoms with Gasteiger partial charge in [0.1, 0.15) is 5.75 Å². The summed E-state index contributed by atoms with van der Waals surface area (Å²) in [4.78, 5) is 0.204. The van der Waals surface area contributed by atoms with Gasteiger partial charge in [-0.1, -0.05) is 0 Å². The number of hydrogen-bond donors (Lipinski definition) is 2. The molecule has 1 unspecified atom stereocenters. The largest absolute Gasteiger partial charge is 0.493 e. The molecule has 0 heterocycles. The van der Waals surface area contributed by atoms with Gasteiger partial charge in [-0.05, 0) is 59.8 Å². The summed E-state index contributed by atoms with van der Waals surface area (Å²) in [5.74, 6) is 1.09. The first-order chi connectivity index (χ1) is 9.44. The Morgan fingerprint density at radius 2 is 2.14 bits per heavy atom. The Labute approximate surface area is 140 Å². The van der Waals surface area contributed by atoms with Gasteiger partial charge >= 0.3 is 0 Å². The molecule has 5 nitrogen and oxygen atoms in total. The number of rotatable bonds is 7. The van der Waals surface area contributed by atoms with E-state index in [0.717, 1.165) is 12.8 Å². The van der Waals surface area contributed by atoms with Gasteiger partial charge in [0.15, 0.2) is 0 Å². The van der Waals surface area contributed by atoms with Crippen molar-refractivity contribution >= 4 is 38.4 Å². The quantitative estimate of drug-likeness (QED) is 0.737. The first kappa shape index (κ1) is 18.7. The molecule has 1 aromatic carbocycles. The summed E-state index contributed by atoms with van der Waals surface area (Å²) in [6.45, 7) is 2.68. The van der Waals surface area contributed by atoms with Gasteiger partial charge in [-0.25, -0.2) is 13.1 Å². The second-order valence-corrected chi connectivity index (χ2v) is 7.50. The smallest absolute Gasteiger partial charge is 0.240 e. The first-order valence-corrected chi connectivity index (χ1v) is 8.89. The monoisotopic (exact) mass is 398 g/mol. The number of halogens is 2. The lowest BCUT2D eigenvalue weighted by molar-refractivity contribution is 0.338. The standard InChI is InChI=1S/C13H19BrN2O3S.ClH/c1-2-19-13-6-5-10(7-11(13)14)20(17,18)16-8-12(15)9-3-4-9;/h5-7,9,12,16H,2-4,8,15H2,1H3;1H. The Bertz CT molecular complexity index is 579. The molecule has 0 amide bonds. The summed E-state index contributed by atoms with van der Waals surface area (Å²) in [5.41, 5.74) is 5.90. The van der Waals surface area contributed by atoms with Gasteiger partial charge in [0, 0.05) is 12.6 Å². The second-order valence-electron chi connectivity index (χ2n) is 4.88. The van der Waals surface area contributed by atoms with E-state index in [-0.39, 0.29) is 29.9 Å². The zero-order valence-corrected chi connectivity index (χ0v) is 14.9. The van der Waals surface area contributed by atoms with Crippen LogP contribution in [-0.2, 0) is 10.0 Å². The predicted octanol–water partition coefficient (Wildman–Crippen LogP) is 2.29. The molecule has 0 aromatic heterocycles. The maximum Gasteiger partial charge on any atom is 0.240 e. The van der Waals surface area contributed by atoms with Crippen LogP contribution in [0.3, 0.4) is 0 Å². The minimum atomic E-state index is -3.53. The van der Waals surface area contributed by atoms with Crippen molar-refractivity contribution in [3.8, 4) is 5.75 Å². The molecule has 3 N–H and O–H groups in total. The van der Waals surface area contributed by atoms with Crippen molar-refractivity contribution in [1.82, 2.24) is 4.72 Å². The zero-order chi connectivity index (χ0) is 14.8. The van der Waals surface area contributed by atoms with Crippen molar-refractivity contribution in [3.05, 3.63) is 22.7 Å². The number of sulfonamides is 1. The molecule has 0 spiro atoms. The summed E-state index contributed by atoms with van der Waals surface area (Å²) in [7, 11) is -3.53. The summed E-state index contributed by atoms with van der Waals surface area (Å²) in [5, 5.41) is 0. The van der Waals surface area contributed by atoms with Crippen molar-refractivity contribution < 1.29 is 13.2 Å². The number of benzene rings is 1. The molecule has 1 aliphatic rings. The molecule has 0 aliphatic heterocycles. The molecule has 2 rings (SSSR count). The predicted molar refractivity (Wildman–Crippen MR) is 88.4 cm³/mol. The highest BCUT2D eigenvalue weighted by atomic mass is 79.9. The summed E-state index contributed by atoms with van der Waals surface area (Å²) < 4.78 is 32.9. The van der Waals surface area contributed by atoms with Crippen LogP contribution in [0.25, 0.3) is 0 Å². The van der Waals surface area contributed by atoms with E-state index >= 15 is 0 Å². The van der Waals surface area contributed by atoms with Crippen LogP contribution >= 0.6 is 28.3 Å². The molecule has 1 fully saturated rings. The van der Waals surface area contributed by atoms with Gasteiger partial charge in [0.05, 0.1) is 16.0 Å². The van der Waals surface area contributed by atoms with Crippen LogP contribution < -0.4 is 15.2 Å². The molecule has 1 aromatic rings. The van der Waals surface area contributed by atoms with E-state index < -0.39 is 10.0 Å². The van der Waals surface area contributed by atoms with Crippen LogP contribution in [0.2, 0.25) is 0 Å². The molecule has 21 heavy (non-hydrogen) atoms. The van der Waals surface area contributed by atoms with Crippen LogP contribution in [0, 0.1) is 5.92 Å². The fraction of sp³-hybridized carbons (Fsp3) is 0.538. The maximum absolute atomic E-state index is 12.2. The molecular weight excluding hydrogens is 380 g/mol. The third-order valence-corrected chi connectivity index (χ3v) is 5.29. The van der Waals surface area contributed by atoms with E-state index in [1.54, 1.807) is 6.07 Å². The molecule has 0 bridgehead atoms.